The van der Waals surface area contributed by atoms with Crippen molar-refractivity contribution in [1.82, 2.24) is 14.5 Å². The monoisotopic (exact) mass is 382 g/mol. The Hall–Kier alpha value is -2.83. The Kier molecular flexibility index (Phi) is 5.32. The molecule has 1 saturated heterocycles. The first-order valence-electron chi connectivity index (χ1n) is 9.78. The zero-order chi connectivity index (χ0) is 19.5. The summed E-state index contributed by atoms with van der Waals surface area (Å²) in [7, 11) is 3.63. The van der Waals surface area contributed by atoms with Gasteiger partial charge in [0, 0.05) is 38.8 Å². The molecule has 7 heteroatoms. The summed E-state index contributed by atoms with van der Waals surface area (Å²) in [5.41, 5.74) is 2.02. The molecular formula is C21H26N4O3. The molecule has 2 aliphatic heterocycles. The van der Waals surface area contributed by atoms with Crippen LogP contribution in [-0.2, 0) is 23.1 Å². The van der Waals surface area contributed by atoms with E-state index in [1.807, 2.05) is 47.0 Å². The molecule has 7 nitrogen and oxygen atoms in total. The standard InChI is InChI=1S/C21H26N4O3/c1-24-12-10-22-20(24)18-5-3-4-11-25(18)21(26)19-14-16(23-28-19)13-15-6-8-17(27-2)9-7-15/h6-10,12,18-19H,3-5,11,13-14H2,1-2H3. The predicted molar refractivity (Wildman–Crippen MR) is 105 cm³/mol. The summed E-state index contributed by atoms with van der Waals surface area (Å²) < 4.78 is 7.19. The molecule has 0 aliphatic carbocycles. The number of nitrogens with zero attached hydrogens (tertiary/aromatic N) is 4. The average Bonchev–Trinajstić information content (AvgIpc) is 3.37. The van der Waals surface area contributed by atoms with Gasteiger partial charge in [0.05, 0.1) is 18.9 Å². The maximum absolute atomic E-state index is 13.2. The van der Waals surface area contributed by atoms with Crippen LogP contribution in [0, 0.1) is 0 Å². The van der Waals surface area contributed by atoms with Crippen LogP contribution in [0.3, 0.4) is 0 Å². The fourth-order valence-corrected chi connectivity index (χ4v) is 3.99. The van der Waals surface area contributed by atoms with Gasteiger partial charge in [-0.2, -0.15) is 0 Å². The number of aryl methyl sites for hydroxylation is 1. The van der Waals surface area contributed by atoms with Crippen molar-refractivity contribution >= 4 is 11.6 Å². The number of carbonyl (C=O) groups is 1. The van der Waals surface area contributed by atoms with Crippen LogP contribution < -0.4 is 4.74 Å². The lowest BCUT2D eigenvalue weighted by atomic mass is 9.99. The van der Waals surface area contributed by atoms with Crippen molar-refractivity contribution in [2.75, 3.05) is 13.7 Å². The van der Waals surface area contributed by atoms with Crippen molar-refractivity contribution < 1.29 is 14.4 Å². The van der Waals surface area contributed by atoms with E-state index >= 15 is 0 Å². The molecular weight excluding hydrogens is 356 g/mol. The number of imidazole rings is 1. The highest BCUT2D eigenvalue weighted by atomic mass is 16.6. The number of amides is 1. The molecule has 2 unspecified atom stereocenters. The van der Waals surface area contributed by atoms with E-state index in [2.05, 4.69) is 10.1 Å². The second-order valence-electron chi connectivity index (χ2n) is 7.42. The van der Waals surface area contributed by atoms with Crippen LogP contribution in [0.15, 0.2) is 41.8 Å². The summed E-state index contributed by atoms with van der Waals surface area (Å²) in [5.74, 6) is 1.78. The van der Waals surface area contributed by atoms with Gasteiger partial charge in [0.1, 0.15) is 11.6 Å². The molecule has 1 aromatic heterocycles. The number of rotatable bonds is 5. The normalized spacial score (nSPS) is 21.9. The molecule has 2 aliphatic rings. The molecule has 0 bridgehead atoms. The first-order valence-corrected chi connectivity index (χ1v) is 9.78. The van der Waals surface area contributed by atoms with E-state index in [1.54, 1.807) is 13.3 Å². The molecule has 2 aromatic rings. The molecule has 4 rings (SSSR count). The van der Waals surface area contributed by atoms with Gasteiger partial charge in [-0.05, 0) is 37.0 Å². The third kappa shape index (κ3) is 3.74. The molecule has 28 heavy (non-hydrogen) atoms. The Morgan fingerprint density at radius 1 is 1.29 bits per heavy atom. The second kappa shape index (κ2) is 8.04. The molecule has 0 radical (unpaired) electrons. The lowest BCUT2D eigenvalue weighted by molar-refractivity contribution is -0.146. The highest BCUT2D eigenvalue weighted by molar-refractivity contribution is 5.94. The highest BCUT2D eigenvalue weighted by Crippen LogP contribution is 2.31. The van der Waals surface area contributed by atoms with Gasteiger partial charge < -0.3 is 19.0 Å². The van der Waals surface area contributed by atoms with Crippen LogP contribution in [0.5, 0.6) is 5.75 Å². The van der Waals surface area contributed by atoms with Crippen LogP contribution in [-0.4, -0.2) is 45.8 Å². The van der Waals surface area contributed by atoms with Crippen LogP contribution in [0.25, 0.3) is 0 Å². The molecule has 148 valence electrons. The number of hydrogen-bond donors (Lipinski definition) is 0. The fourth-order valence-electron chi connectivity index (χ4n) is 3.99. The van der Waals surface area contributed by atoms with E-state index in [0.717, 1.165) is 48.7 Å². The third-order valence-electron chi connectivity index (χ3n) is 5.52. The lowest BCUT2D eigenvalue weighted by Gasteiger charge is -2.36. The van der Waals surface area contributed by atoms with E-state index in [1.165, 1.54) is 0 Å². The summed E-state index contributed by atoms with van der Waals surface area (Å²) in [6.45, 7) is 0.740. The van der Waals surface area contributed by atoms with Gasteiger partial charge in [0.15, 0.2) is 0 Å². The minimum absolute atomic E-state index is 0.00971. The van der Waals surface area contributed by atoms with Gasteiger partial charge in [-0.25, -0.2) is 4.98 Å². The molecule has 0 N–H and O–H groups in total. The Labute approximate surface area is 164 Å². The van der Waals surface area contributed by atoms with Crippen molar-refractivity contribution in [2.45, 2.75) is 44.2 Å². The molecule has 1 fully saturated rings. The van der Waals surface area contributed by atoms with Crippen molar-refractivity contribution in [2.24, 2.45) is 12.2 Å². The van der Waals surface area contributed by atoms with Gasteiger partial charge in [-0.15, -0.1) is 0 Å². The van der Waals surface area contributed by atoms with Crippen molar-refractivity contribution in [3.63, 3.8) is 0 Å². The number of benzene rings is 1. The van der Waals surface area contributed by atoms with Crippen LogP contribution in [0.2, 0.25) is 0 Å². The van der Waals surface area contributed by atoms with Gasteiger partial charge in [0.2, 0.25) is 6.10 Å². The fraction of sp³-hybridized carbons (Fsp3) is 0.476. The van der Waals surface area contributed by atoms with E-state index in [0.29, 0.717) is 12.8 Å². The molecule has 3 heterocycles. The maximum Gasteiger partial charge on any atom is 0.267 e. The van der Waals surface area contributed by atoms with E-state index < -0.39 is 6.10 Å². The Morgan fingerprint density at radius 3 is 2.82 bits per heavy atom. The molecule has 2 atom stereocenters. The zero-order valence-corrected chi connectivity index (χ0v) is 16.4. The maximum atomic E-state index is 13.2. The van der Waals surface area contributed by atoms with Crippen molar-refractivity contribution in [3.05, 3.63) is 48.0 Å². The summed E-state index contributed by atoms with van der Waals surface area (Å²) in [6, 6.07) is 7.89. The summed E-state index contributed by atoms with van der Waals surface area (Å²) >= 11 is 0. The number of carbonyl (C=O) groups excluding carboxylic acids is 1. The largest absolute Gasteiger partial charge is 0.497 e. The Bertz CT molecular complexity index is 859. The summed E-state index contributed by atoms with van der Waals surface area (Å²) in [5, 5.41) is 4.19. The van der Waals surface area contributed by atoms with Crippen molar-refractivity contribution in [1.29, 1.82) is 0 Å². The first-order chi connectivity index (χ1) is 13.7. The van der Waals surface area contributed by atoms with Gasteiger partial charge >= 0.3 is 0 Å². The minimum Gasteiger partial charge on any atom is -0.497 e. The second-order valence-corrected chi connectivity index (χ2v) is 7.42. The van der Waals surface area contributed by atoms with Crippen LogP contribution in [0.4, 0.5) is 0 Å². The minimum atomic E-state index is -0.533. The molecule has 0 spiro atoms. The third-order valence-corrected chi connectivity index (χ3v) is 5.52. The Morgan fingerprint density at radius 2 is 2.11 bits per heavy atom. The van der Waals surface area contributed by atoms with Gasteiger partial charge in [0.25, 0.3) is 5.91 Å². The van der Waals surface area contributed by atoms with Crippen LogP contribution >= 0.6 is 0 Å². The number of likely N-dealkylation sites (tertiary alicyclic amines) is 1. The number of hydrogen-bond acceptors (Lipinski definition) is 5. The number of oxime groups is 1. The predicted octanol–water partition coefficient (Wildman–Crippen LogP) is 2.87. The highest BCUT2D eigenvalue weighted by Gasteiger charge is 2.37. The molecule has 1 aromatic carbocycles. The molecule has 0 saturated carbocycles. The number of ether oxygens (including phenoxy) is 1. The average molecular weight is 382 g/mol. The number of piperidine rings is 1. The number of methoxy groups -OCH3 is 1. The van der Waals surface area contributed by atoms with Crippen molar-refractivity contribution in [3.8, 4) is 5.75 Å². The molecule has 1 amide bonds. The number of aromatic nitrogens is 2. The quantitative estimate of drug-likeness (QED) is 0.797. The van der Waals surface area contributed by atoms with Crippen LogP contribution in [0.1, 0.15) is 43.1 Å². The topological polar surface area (TPSA) is 69.0 Å². The van der Waals surface area contributed by atoms with Gasteiger partial charge in [-0.1, -0.05) is 17.3 Å². The smallest absolute Gasteiger partial charge is 0.267 e. The van der Waals surface area contributed by atoms with E-state index in [-0.39, 0.29) is 11.9 Å². The van der Waals surface area contributed by atoms with Gasteiger partial charge in [-0.3, -0.25) is 4.79 Å². The van der Waals surface area contributed by atoms with E-state index in [9.17, 15) is 4.79 Å². The Balaban J connectivity index is 1.40. The first kappa shape index (κ1) is 18.5. The lowest BCUT2D eigenvalue weighted by Crippen LogP contribution is -2.44. The zero-order valence-electron chi connectivity index (χ0n) is 16.4. The SMILES string of the molecule is COc1ccc(CC2=NOC(C(=O)N3CCCCC3c3nccn3C)C2)cc1. The summed E-state index contributed by atoms with van der Waals surface area (Å²) in [4.78, 5) is 25.1. The summed E-state index contributed by atoms with van der Waals surface area (Å²) in [6.07, 6.45) is 7.44. The van der Waals surface area contributed by atoms with E-state index in [4.69, 9.17) is 9.57 Å².